The molecule has 0 radical (unpaired) electrons. The minimum absolute atomic E-state index is 0.0175. The second-order valence-corrected chi connectivity index (χ2v) is 9.19. The first kappa shape index (κ1) is 16.5. The van der Waals surface area contributed by atoms with Crippen molar-refractivity contribution in [2.24, 2.45) is 23.2 Å². The first-order valence-electron chi connectivity index (χ1n) is 10.3. The van der Waals surface area contributed by atoms with Gasteiger partial charge in [0.2, 0.25) is 0 Å². The molecule has 26 heavy (non-hydrogen) atoms. The molecule has 4 aliphatic carbocycles. The maximum Gasteiger partial charge on any atom is 0.251 e. The van der Waals surface area contributed by atoms with Crippen LogP contribution < -0.4 is 14.8 Å². The summed E-state index contributed by atoms with van der Waals surface area (Å²) in [7, 11) is 0. The molecule has 1 heterocycles. The predicted octanol–water partition coefficient (Wildman–Crippen LogP) is 4.18. The van der Waals surface area contributed by atoms with Gasteiger partial charge >= 0.3 is 0 Å². The van der Waals surface area contributed by atoms with Gasteiger partial charge in [0.1, 0.15) is 0 Å². The van der Waals surface area contributed by atoms with E-state index in [9.17, 15) is 4.79 Å². The van der Waals surface area contributed by atoms with Gasteiger partial charge in [0.05, 0.1) is 13.2 Å². The van der Waals surface area contributed by atoms with Crippen molar-refractivity contribution >= 4 is 5.91 Å². The fourth-order valence-corrected chi connectivity index (χ4v) is 6.45. The van der Waals surface area contributed by atoms with E-state index >= 15 is 0 Å². The number of fused-ring (bicyclic) bond motifs is 1. The molecule has 4 nitrogen and oxygen atoms in total. The number of hydrogen-bond acceptors (Lipinski definition) is 3. The molecule has 1 aromatic rings. The van der Waals surface area contributed by atoms with Crippen LogP contribution in [0.5, 0.6) is 11.5 Å². The molecule has 4 saturated carbocycles. The minimum atomic E-state index is 0.0175. The Morgan fingerprint density at radius 1 is 1.04 bits per heavy atom. The Morgan fingerprint density at radius 3 is 2.31 bits per heavy atom. The molecule has 1 amide bonds. The highest BCUT2D eigenvalue weighted by atomic mass is 16.5. The normalized spacial score (nSPS) is 35.7. The maximum atomic E-state index is 12.9. The van der Waals surface area contributed by atoms with E-state index in [2.05, 4.69) is 12.2 Å². The third-order valence-corrected chi connectivity index (χ3v) is 7.36. The lowest BCUT2D eigenvalue weighted by Gasteiger charge is -2.59. The summed E-state index contributed by atoms with van der Waals surface area (Å²) in [6, 6.07) is 5.79. The van der Waals surface area contributed by atoms with E-state index in [0.29, 0.717) is 29.9 Å². The zero-order valence-corrected chi connectivity index (χ0v) is 15.6. The number of carbonyl (C=O) groups is 1. The van der Waals surface area contributed by atoms with Crippen LogP contribution in [0.15, 0.2) is 18.2 Å². The highest BCUT2D eigenvalue weighted by Crippen LogP contribution is 2.61. The fraction of sp³-hybridized carbons (Fsp3) is 0.682. The fourth-order valence-electron chi connectivity index (χ4n) is 6.45. The van der Waals surface area contributed by atoms with Gasteiger partial charge in [-0.05, 0) is 86.8 Å². The molecule has 1 aromatic carbocycles. The van der Waals surface area contributed by atoms with Crippen molar-refractivity contribution in [3.63, 3.8) is 0 Å². The molecular formula is C22H29NO3. The van der Waals surface area contributed by atoms with E-state index in [1.165, 1.54) is 38.5 Å². The Bertz CT molecular complexity index is 678. The van der Waals surface area contributed by atoms with Crippen molar-refractivity contribution in [1.82, 2.24) is 5.32 Å². The van der Waals surface area contributed by atoms with E-state index in [1.807, 2.05) is 18.2 Å². The lowest BCUT2D eigenvalue weighted by Crippen LogP contribution is -2.55. The maximum absolute atomic E-state index is 12.9. The highest BCUT2D eigenvalue weighted by molar-refractivity contribution is 5.95. The highest BCUT2D eigenvalue weighted by Gasteiger charge is 2.53. The Hall–Kier alpha value is -1.71. The number of ether oxygens (including phenoxy) is 2. The summed E-state index contributed by atoms with van der Waals surface area (Å²) in [5.41, 5.74) is 1.00. The van der Waals surface area contributed by atoms with Crippen LogP contribution in [0.3, 0.4) is 0 Å². The first-order valence-corrected chi connectivity index (χ1v) is 10.3. The third kappa shape index (κ3) is 2.78. The van der Waals surface area contributed by atoms with Crippen molar-refractivity contribution in [1.29, 1.82) is 0 Å². The zero-order valence-electron chi connectivity index (χ0n) is 15.6. The standard InChI is InChI=1S/C22H29NO3/c1-14(22-11-15-7-16(12-22)9-17(8-15)13-22)23-21(24)18-3-4-19-20(10-18)26-6-2-5-25-19/h3-4,10,14-17H,2,5-9,11-13H2,1H3,(H,23,24)/t14-,15?,16?,17?,22?/m1/s1. The van der Waals surface area contributed by atoms with Crippen molar-refractivity contribution < 1.29 is 14.3 Å². The van der Waals surface area contributed by atoms with Crippen LogP contribution in [0.25, 0.3) is 0 Å². The van der Waals surface area contributed by atoms with E-state index < -0.39 is 0 Å². The molecule has 1 atom stereocenters. The summed E-state index contributed by atoms with van der Waals surface area (Å²) >= 11 is 0. The summed E-state index contributed by atoms with van der Waals surface area (Å²) < 4.78 is 11.4. The quantitative estimate of drug-likeness (QED) is 0.885. The first-order chi connectivity index (χ1) is 12.6. The summed E-state index contributed by atoms with van der Waals surface area (Å²) in [6.45, 7) is 3.54. The molecule has 0 unspecified atom stereocenters. The van der Waals surface area contributed by atoms with E-state index in [4.69, 9.17) is 9.47 Å². The molecule has 140 valence electrons. The van der Waals surface area contributed by atoms with Crippen molar-refractivity contribution in [3.8, 4) is 11.5 Å². The molecule has 4 fully saturated rings. The summed E-state index contributed by atoms with van der Waals surface area (Å²) in [5, 5.41) is 3.34. The molecular weight excluding hydrogens is 326 g/mol. The van der Waals surface area contributed by atoms with Gasteiger partial charge in [0.25, 0.3) is 5.91 Å². The molecule has 0 aromatic heterocycles. The minimum Gasteiger partial charge on any atom is -0.490 e. The average molecular weight is 355 g/mol. The van der Waals surface area contributed by atoms with Gasteiger partial charge in [0, 0.05) is 18.0 Å². The van der Waals surface area contributed by atoms with Crippen molar-refractivity contribution in [3.05, 3.63) is 23.8 Å². The van der Waals surface area contributed by atoms with E-state index in [1.54, 1.807) is 0 Å². The molecule has 5 aliphatic rings. The second kappa shape index (κ2) is 6.17. The third-order valence-electron chi connectivity index (χ3n) is 7.36. The largest absolute Gasteiger partial charge is 0.490 e. The topological polar surface area (TPSA) is 47.6 Å². The lowest BCUT2D eigenvalue weighted by atomic mass is 9.48. The van der Waals surface area contributed by atoms with Gasteiger partial charge < -0.3 is 14.8 Å². The van der Waals surface area contributed by atoms with Crippen LogP contribution in [0, 0.1) is 23.2 Å². The van der Waals surface area contributed by atoms with Gasteiger partial charge in [-0.1, -0.05) is 0 Å². The van der Waals surface area contributed by atoms with Gasteiger partial charge in [-0.2, -0.15) is 0 Å². The molecule has 1 aliphatic heterocycles. The van der Waals surface area contributed by atoms with Crippen LogP contribution in [0.1, 0.15) is 62.2 Å². The van der Waals surface area contributed by atoms with Crippen LogP contribution in [0.4, 0.5) is 0 Å². The van der Waals surface area contributed by atoms with E-state index in [0.717, 1.165) is 29.9 Å². The number of amides is 1. The zero-order chi connectivity index (χ0) is 17.7. The average Bonchev–Trinajstić information content (AvgIpc) is 2.85. The number of hydrogen-bond donors (Lipinski definition) is 1. The number of carbonyl (C=O) groups excluding carboxylic acids is 1. The number of nitrogens with one attached hydrogen (secondary N) is 1. The lowest BCUT2D eigenvalue weighted by molar-refractivity contribution is -0.0688. The summed E-state index contributed by atoms with van der Waals surface area (Å²) in [6.07, 6.45) is 9.09. The molecule has 0 saturated heterocycles. The van der Waals surface area contributed by atoms with Crippen molar-refractivity contribution in [2.75, 3.05) is 13.2 Å². The summed E-state index contributed by atoms with van der Waals surface area (Å²) in [4.78, 5) is 12.9. The SMILES string of the molecule is C[C@@H](NC(=O)c1ccc2c(c1)OCCCO2)C12CC3CC(CC(C3)C1)C2. The Labute approximate surface area is 155 Å². The Balaban J connectivity index is 1.32. The Kier molecular flexibility index (Phi) is 3.91. The molecule has 4 bridgehead atoms. The number of benzene rings is 1. The van der Waals surface area contributed by atoms with Crippen LogP contribution in [0.2, 0.25) is 0 Å². The second-order valence-electron chi connectivity index (χ2n) is 9.19. The van der Waals surface area contributed by atoms with Crippen LogP contribution in [-0.2, 0) is 0 Å². The number of rotatable bonds is 3. The molecule has 1 N–H and O–H groups in total. The summed E-state index contributed by atoms with van der Waals surface area (Å²) in [5.74, 6) is 4.16. The van der Waals surface area contributed by atoms with Crippen molar-refractivity contribution in [2.45, 2.75) is 57.9 Å². The van der Waals surface area contributed by atoms with Gasteiger partial charge in [0.15, 0.2) is 11.5 Å². The Morgan fingerprint density at radius 2 is 1.65 bits per heavy atom. The molecule has 6 rings (SSSR count). The monoisotopic (exact) mass is 355 g/mol. The van der Waals surface area contributed by atoms with Crippen LogP contribution >= 0.6 is 0 Å². The van der Waals surface area contributed by atoms with Gasteiger partial charge in [-0.3, -0.25) is 4.79 Å². The molecule has 4 heteroatoms. The van der Waals surface area contributed by atoms with Crippen LogP contribution in [-0.4, -0.2) is 25.2 Å². The predicted molar refractivity (Wildman–Crippen MR) is 99.6 cm³/mol. The smallest absolute Gasteiger partial charge is 0.251 e. The molecule has 0 spiro atoms. The van der Waals surface area contributed by atoms with E-state index in [-0.39, 0.29) is 11.9 Å². The van der Waals surface area contributed by atoms with Gasteiger partial charge in [-0.25, -0.2) is 0 Å². The van der Waals surface area contributed by atoms with Gasteiger partial charge in [-0.15, -0.1) is 0 Å².